The Balaban J connectivity index is 1.25. The second-order valence-corrected chi connectivity index (χ2v) is 11.1. The van der Waals surface area contributed by atoms with E-state index < -0.39 is 0 Å². The molecule has 0 amide bonds. The number of para-hydroxylation sites is 1. The van der Waals surface area contributed by atoms with E-state index >= 15 is 0 Å². The summed E-state index contributed by atoms with van der Waals surface area (Å²) in [5.41, 5.74) is 10.9. The lowest BCUT2D eigenvalue weighted by molar-refractivity contribution is 0.783. The Morgan fingerprint density at radius 2 is 1.16 bits per heavy atom. The molecule has 0 aliphatic heterocycles. The third kappa shape index (κ3) is 5.73. The highest BCUT2D eigenvalue weighted by Gasteiger charge is 2.20. The normalized spacial score (nSPS) is 14.0. The van der Waals surface area contributed by atoms with Crippen LogP contribution in [0.25, 0.3) is 45.0 Å². The van der Waals surface area contributed by atoms with Gasteiger partial charge in [0.15, 0.2) is 5.82 Å². The SMILES string of the molecule is Cc1ccccc1N(c1ccc(-c2cccc(-c3nc(-c4ccccc4)cc(-c4ccccc4)n3)c2)cc1)C1C=CC=CC1. The molecule has 5 aromatic carbocycles. The summed E-state index contributed by atoms with van der Waals surface area (Å²) in [5.74, 6) is 0.714. The standard InChI is InChI=1S/C41H33N3/c1-30-14-11-12-23-40(30)44(36-21-9-4-10-22-36)37-26-24-31(25-27-37)34-19-13-20-35(28-34)41-42-38(32-15-5-2-6-16-32)29-39(43-41)33-17-7-3-8-18-33/h2-21,23-29,36H,22H2,1H3. The minimum absolute atomic E-state index is 0.267. The molecule has 212 valence electrons. The molecule has 0 spiro atoms. The Morgan fingerprint density at radius 3 is 1.80 bits per heavy atom. The number of hydrogen-bond donors (Lipinski definition) is 0. The third-order valence-corrected chi connectivity index (χ3v) is 8.13. The monoisotopic (exact) mass is 567 g/mol. The van der Waals surface area contributed by atoms with Crippen LogP contribution in [0.1, 0.15) is 12.0 Å². The molecule has 1 aliphatic rings. The van der Waals surface area contributed by atoms with Crippen molar-refractivity contribution in [1.29, 1.82) is 0 Å². The zero-order valence-corrected chi connectivity index (χ0v) is 24.7. The van der Waals surface area contributed by atoms with Gasteiger partial charge in [0, 0.05) is 28.1 Å². The minimum Gasteiger partial charge on any atom is -0.334 e. The average Bonchev–Trinajstić information content (AvgIpc) is 3.11. The summed E-state index contributed by atoms with van der Waals surface area (Å²) in [5, 5.41) is 0. The fourth-order valence-corrected chi connectivity index (χ4v) is 5.84. The molecule has 6 aromatic rings. The van der Waals surface area contributed by atoms with Crippen LogP contribution in [0, 0.1) is 6.92 Å². The van der Waals surface area contributed by atoms with Crippen molar-refractivity contribution in [2.24, 2.45) is 0 Å². The van der Waals surface area contributed by atoms with Crippen molar-refractivity contribution in [1.82, 2.24) is 9.97 Å². The quantitative estimate of drug-likeness (QED) is 0.192. The second-order valence-electron chi connectivity index (χ2n) is 11.1. The van der Waals surface area contributed by atoms with Crippen molar-refractivity contribution >= 4 is 11.4 Å². The van der Waals surface area contributed by atoms with Crippen LogP contribution in [-0.2, 0) is 0 Å². The molecule has 3 nitrogen and oxygen atoms in total. The van der Waals surface area contributed by atoms with Crippen LogP contribution < -0.4 is 4.90 Å². The number of benzene rings is 5. The van der Waals surface area contributed by atoms with Crippen LogP contribution in [-0.4, -0.2) is 16.0 Å². The first-order valence-electron chi connectivity index (χ1n) is 15.1. The first-order valence-corrected chi connectivity index (χ1v) is 15.1. The maximum absolute atomic E-state index is 5.04. The predicted octanol–water partition coefficient (Wildman–Crippen LogP) is 10.5. The van der Waals surface area contributed by atoms with Crippen LogP contribution in [0.3, 0.4) is 0 Å². The Kier molecular flexibility index (Phi) is 7.67. The van der Waals surface area contributed by atoms with Crippen LogP contribution in [0.4, 0.5) is 11.4 Å². The molecular weight excluding hydrogens is 534 g/mol. The fraction of sp³-hybridized carbons (Fsp3) is 0.0732. The van der Waals surface area contributed by atoms with E-state index in [9.17, 15) is 0 Å². The Morgan fingerprint density at radius 1 is 0.545 bits per heavy atom. The Hall–Kier alpha value is -5.54. The van der Waals surface area contributed by atoms with E-state index in [1.54, 1.807) is 0 Å². The first-order chi connectivity index (χ1) is 21.7. The van der Waals surface area contributed by atoms with E-state index in [4.69, 9.17) is 9.97 Å². The number of aromatic nitrogens is 2. The van der Waals surface area contributed by atoms with E-state index in [0.29, 0.717) is 5.82 Å². The van der Waals surface area contributed by atoms with Crippen LogP contribution in [0.2, 0.25) is 0 Å². The van der Waals surface area contributed by atoms with Crippen LogP contribution in [0.5, 0.6) is 0 Å². The summed E-state index contributed by atoms with van der Waals surface area (Å²) in [6.07, 6.45) is 9.79. The topological polar surface area (TPSA) is 29.0 Å². The molecule has 0 saturated heterocycles. The highest BCUT2D eigenvalue weighted by Crippen LogP contribution is 2.35. The van der Waals surface area contributed by atoms with Crippen LogP contribution >= 0.6 is 0 Å². The number of aryl methyl sites for hydroxylation is 1. The predicted molar refractivity (Wildman–Crippen MR) is 184 cm³/mol. The number of anilines is 2. The molecular formula is C41H33N3. The highest BCUT2D eigenvalue weighted by atomic mass is 15.2. The van der Waals surface area contributed by atoms with Gasteiger partial charge >= 0.3 is 0 Å². The van der Waals surface area contributed by atoms with Crippen molar-refractivity contribution in [3.05, 3.63) is 169 Å². The Labute approximate surface area is 259 Å². The molecule has 7 rings (SSSR count). The lowest BCUT2D eigenvalue weighted by Gasteiger charge is -2.33. The largest absolute Gasteiger partial charge is 0.334 e. The molecule has 1 atom stereocenters. The molecule has 1 heterocycles. The van der Waals surface area contributed by atoms with E-state index in [0.717, 1.165) is 45.6 Å². The average molecular weight is 568 g/mol. The zero-order chi connectivity index (χ0) is 29.7. The van der Waals surface area contributed by atoms with Gasteiger partial charge in [0.25, 0.3) is 0 Å². The van der Waals surface area contributed by atoms with Gasteiger partial charge in [0.2, 0.25) is 0 Å². The number of rotatable bonds is 7. The second kappa shape index (κ2) is 12.4. The van der Waals surface area contributed by atoms with Gasteiger partial charge in [-0.1, -0.05) is 133 Å². The zero-order valence-electron chi connectivity index (χ0n) is 24.7. The molecule has 0 radical (unpaired) electrons. The molecule has 0 N–H and O–H groups in total. The summed E-state index contributed by atoms with van der Waals surface area (Å²) in [4.78, 5) is 12.5. The van der Waals surface area contributed by atoms with E-state index in [-0.39, 0.29) is 6.04 Å². The summed E-state index contributed by atoms with van der Waals surface area (Å²) in [6, 6.07) is 49.1. The third-order valence-electron chi connectivity index (χ3n) is 8.13. The van der Waals surface area contributed by atoms with Gasteiger partial charge in [-0.2, -0.15) is 0 Å². The van der Waals surface area contributed by atoms with E-state index in [2.05, 4.69) is 139 Å². The van der Waals surface area contributed by atoms with Crippen molar-refractivity contribution in [2.45, 2.75) is 19.4 Å². The van der Waals surface area contributed by atoms with Gasteiger partial charge in [-0.3, -0.25) is 0 Å². The van der Waals surface area contributed by atoms with Crippen molar-refractivity contribution < 1.29 is 0 Å². The number of nitrogens with zero attached hydrogens (tertiary/aromatic N) is 3. The van der Waals surface area contributed by atoms with Crippen LogP contribution in [0.15, 0.2) is 164 Å². The minimum atomic E-state index is 0.267. The maximum Gasteiger partial charge on any atom is 0.160 e. The summed E-state index contributed by atoms with van der Waals surface area (Å²) in [7, 11) is 0. The Bertz CT molecular complexity index is 1880. The van der Waals surface area contributed by atoms with Gasteiger partial charge in [-0.15, -0.1) is 0 Å². The molecule has 0 fully saturated rings. The van der Waals surface area contributed by atoms with E-state index in [1.165, 1.54) is 16.9 Å². The molecule has 3 heteroatoms. The smallest absolute Gasteiger partial charge is 0.160 e. The van der Waals surface area contributed by atoms with E-state index in [1.807, 2.05) is 36.4 Å². The lowest BCUT2D eigenvalue weighted by Crippen LogP contribution is -2.30. The van der Waals surface area contributed by atoms with Crippen molar-refractivity contribution in [3.8, 4) is 45.0 Å². The van der Waals surface area contributed by atoms with Crippen molar-refractivity contribution in [2.75, 3.05) is 4.90 Å². The van der Waals surface area contributed by atoms with Gasteiger partial charge in [-0.25, -0.2) is 9.97 Å². The van der Waals surface area contributed by atoms with Crippen molar-refractivity contribution in [3.63, 3.8) is 0 Å². The summed E-state index contributed by atoms with van der Waals surface area (Å²) < 4.78 is 0. The number of allylic oxidation sites excluding steroid dienone is 2. The highest BCUT2D eigenvalue weighted by molar-refractivity contribution is 5.76. The number of hydrogen-bond acceptors (Lipinski definition) is 3. The molecule has 0 bridgehead atoms. The molecule has 1 unspecified atom stereocenters. The van der Waals surface area contributed by atoms with Gasteiger partial charge < -0.3 is 4.90 Å². The fourth-order valence-electron chi connectivity index (χ4n) is 5.84. The van der Waals surface area contributed by atoms with Gasteiger partial charge in [-0.05, 0) is 60.4 Å². The summed E-state index contributed by atoms with van der Waals surface area (Å²) in [6.45, 7) is 2.18. The molecule has 1 aromatic heterocycles. The molecule has 44 heavy (non-hydrogen) atoms. The summed E-state index contributed by atoms with van der Waals surface area (Å²) >= 11 is 0. The molecule has 1 aliphatic carbocycles. The van der Waals surface area contributed by atoms with Gasteiger partial charge in [0.05, 0.1) is 17.4 Å². The maximum atomic E-state index is 5.04. The molecule has 0 saturated carbocycles. The first kappa shape index (κ1) is 27.3. The lowest BCUT2D eigenvalue weighted by atomic mass is 10.00. The van der Waals surface area contributed by atoms with Gasteiger partial charge in [0.1, 0.15) is 0 Å².